The molecule has 0 radical (unpaired) electrons. The molecule has 4 aromatic rings. The van der Waals surface area contributed by atoms with Crippen molar-refractivity contribution in [3.8, 4) is 38.3 Å². The SMILES string of the molecule is COc1ncc(-c2nc(-c3ccc([C@]4(N)C[C@@](C)(O)C4)cc3)c(-c3ccccc3)s2)cn1. The second-order valence-electron chi connectivity index (χ2n) is 8.61. The van der Waals surface area contributed by atoms with Crippen molar-refractivity contribution in [2.75, 3.05) is 7.11 Å². The van der Waals surface area contributed by atoms with Crippen molar-refractivity contribution in [1.29, 1.82) is 0 Å². The van der Waals surface area contributed by atoms with E-state index in [-0.39, 0.29) is 0 Å². The van der Waals surface area contributed by atoms with Gasteiger partial charge in [-0.1, -0.05) is 54.6 Å². The highest BCUT2D eigenvalue weighted by Gasteiger charge is 2.49. The minimum absolute atomic E-state index is 0.329. The van der Waals surface area contributed by atoms with Gasteiger partial charge in [0.15, 0.2) is 0 Å². The molecule has 2 heterocycles. The van der Waals surface area contributed by atoms with E-state index in [9.17, 15) is 5.11 Å². The number of aliphatic hydroxyl groups is 1. The molecule has 0 amide bonds. The fourth-order valence-electron chi connectivity index (χ4n) is 4.43. The highest BCUT2D eigenvalue weighted by atomic mass is 32.1. The molecule has 1 aliphatic carbocycles. The molecule has 3 N–H and O–H groups in total. The summed E-state index contributed by atoms with van der Waals surface area (Å²) in [6, 6.07) is 18.8. The van der Waals surface area contributed by atoms with E-state index in [0.29, 0.717) is 18.9 Å². The van der Waals surface area contributed by atoms with Gasteiger partial charge in [0.1, 0.15) is 5.01 Å². The van der Waals surface area contributed by atoms with E-state index in [4.69, 9.17) is 15.5 Å². The second-order valence-corrected chi connectivity index (χ2v) is 9.60. The third-order valence-corrected chi connectivity index (χ3v) is 7.00. The zero-order valence-corrected chi connectivity index (χ0v) is 18.8. The van der Waals surface area contributed by atoms with Gasteiger partial charge < -0.3 is 15.6 Å². The summed E-state index contributed by atoms with van der Waals surface area (Å²) in [5.41, 5.74) is 10.3. The van der Waals surface area contributed by atoms with Crippen LogP contribution in [0.5, 0.6) is 6.01 Å². The zero-order chi connectivity index (χ0) is 22.3. The van der Waals surface area contributed by atoms with E-state index in [2.05, 4.69) is 46.4 Å². The first-order chi connectivity index (χ1) is 15.4. The maximum atomic E-state index is 10.1. The second kappa shape index (κ2) is 7.78. The molecule has 1 fully saturated rings. The fourth-order valence-corrected chi connectivity index (χ4v) is 5.50. The highest BCUT2D eigenvalue weighted by Crippen LogP contribution is 2.47. The van der Waals surface area contributed by atoms with Crippen molar-refractivity contribution in [2.45, 2.75) is 30.9 Å². The van der Waals surface area contributed by atoms with Crippen LogP contribution in [0, 0.1) is 0 Å². The van der Waals surface area contributed by atoms with Crippen LogP contribution in [0.3, 0.4) is 0 Å². The Morgan fingerprint density at radius 3 is 2.19 bits per heavy atom. The monoisotopic (exact) mass is 444 g/mol. The number of thiazole rings is 1. The van der Waals surface area contributed by atoms with Crippen LogP contribution < -0.4 is 10.5 Å². The maximum absolute atomic E-state index is 10.1. The predicted molar refractivity (Wildman–Crippen MR) is 126 cm³/mol. The molecule has 0 bridgehead atoms. The molecular formula is C25H24N4O2S. The standard InChI is InChI=1S/C25H24N4O2S/c1-24(30)14-25(26,15-24)19-10-8-16(9-11-19)20-21(17-6-4-3-5-7-17)32-22(29-20)18-12-27-23(31-2)28-13-18/h3-13,30H,14-15,26H2,1-2H3/t24-,25+. The van der Waals surface area contributed by atoms with Crippen molar-refractivity contribution < 1.29 is 9.84 Å². The molecular weight excluding hydrogens is 420 g/mol. The van der Waals surface area contributed by atoms with Gasteiger partial charge in [0.2, 0.25) is 0 Å². The van der Waals surface area contributed by atoms with Crippen molar-refractivity contribution >= 4 is 11.3 Å². The summed E-state index contributed by atoms with van der Waals surface area (Å²) in [5, 5.41) is 11.0. The number of nitrogens with two attached hydrogens (primary N) is 1. The van der Waals surface area contributed by atoms with Crippen LogP contribution in [0.4, 0.5) is 0 Å². The number of hydrogen-bond donors (Lipinski definition) is 2. The molecule has 0 saturated heterocycles. The summed E-state index contributed by atoms with van der Waals surface area (Å²) < 4.78 is 5.07. The molecule has 162 valence electrons. The van der Waals surface area contributed by atoms with Gasteiger partial charge in [-0.2, -0.15) is 0 Å². The minimum Gasteiger partial charge on any atom is -0.467 e. The van der Waals surface area contributed by atoms with Crippen molar-refractivity contribution in [2.24, 2.45) is 5.73 Å². The summed E-state index contributed by atoms with van der Waals surface area (Å²) in [7, 11) is 1.55. The molecule has 7 heteroatoms. The molecule has 5 rings (SSSR count). The Hall–Kier alpha value is -3.13. The first-order valence-electron chi connectivity index (χ1n) is 10.4. The van der Waals surface area contributed by atoms with Crippen molar-refractivity contribution in [3.63, 3.8) is 0 Å². The number of aromatic nitrogens is 3. The topological polar surface area (TPSA) is 94.2 Å². The van der Waals surface area contributed by atoms with Gasteiger partial charge in [-0.05, 0) is 30.9 Å². The Bertz CT molecular complexity index is 1230. The molecule has 0 spiro atoms. The Kier molecular flexibility index (Phi) is 5.04. The summed E-state index contributed by atoms with van der Waals surface area (Å²) in [6.07, 6.45) is 4.58. The van der Waals surface area contributed by atoms with E-state index in [1.165, 1.54) is 0 Å². The lowest BCUT2D eigenvalue weighted by Gasteiger charge is -2.49. The predicted octanol–water partition coefficient (Wildman–Crippen LogP) is 4.64. The number of methoxy groups -OCH3 is 1. The Balaban J connectivity index is 1.54. The van der Waals surface area contributed by atoms with Gasteiger partial charge in [0.05, 0.1) is 23.3 Å². The molecule has 1 saturated carbocycles. The zero-order valence-electron chi connectivity index (χ0n) is 17.9. The summed E-state index contributed by atoms with van der Waals surface area (Å²) >= 11 is 1.61. The first-order valence-corrected chi connectivity index (χ1v) is 11.2. The Morgan fingerprint density at radius 2 is 1.59 bits per heavy atom. The highest BCUT2D eigenvalue weighted by molar-refractivity contribution is 7.19. The maximum Gasteiger partial charge on any atom is 0.316 e. The van der Waals surface area contributed by atoms with Gasteiger partial charge in [0.25, 0.3) is 0 Å². The number of benzene rings is 2. The van der Waals surface area contributed by atoms with Crippen LogP contribution in [-0.2, 0) is 5.54 Å². The summed E-state index contributed by atoms with van der Waals surface area (Å²) in [5.74, 6) is 0. The van der Waals surface area contributed by atoms with E-state index in [1.54, 1.807) is 30.8 Å². The summed E-state index contributed by atoms with van der Waals surface area (Å²) in [6.45, 7) is 1.83. The molecule has 2 aromatic heterocycles. The van der Waals surface area contributed by atoms with Gasteiger partial charge in [-0.15, -0.1) is 11.3 Å². The lowest BCUT2D eigenvalue weighted by Crippen LogP contribution is -2.58. The molecule has 32 heavy (non-hydrogen) atoms. The van der Waals surface area contributed by atoms with E-state index in [1.807, 2.05) is 25.1 Å². The number of hydrogen-bond acceptors (Lipinski definition) is 7. The van der Waals surface area contributed by atoms with Gasteiger partial charge in [-0.25, -0.2) is 15.0 Å². The van der Waals surface area contributed by atoms with Crippen molar-refractivity contribution in [1.82, 2.24) is 15.0 Å². The van der Waals surface area contributed by atoms with E-state index < -0.39 is 11.1 Å². The smallest absolute Gasteiger partial charge is 0.316 e. The van der Waals surface area contributed by atoms with Crippen LogP contribution >= 0.6 is 11.3 Å². The van der Waals surface area contributed by atoms with Gasteiger partial charge in [-0.3, -0.25) is 0 Å². The molecule has 2 aromatic carbocycles. The van der Waals surface area contributed by atoms with Gasteiger partial charge in [0, 0.05) is 29.1 Å². The normalized spacial score (nSPS) is 22.4. The quantitative estimate of drug-likeness (QED) is 0.466. The lowest BCUT2D eigenvalue weighted by atomic mass is 9.63. The average molecular weight is 445 g/mol. The van der Waals surface area contributed by atoms with Crippen LogP contribution in [0.25, 0.3) is 32.3 Å². The van der Waals surface area contributed by atoms with Crippen LogP contribution in [0.2, 0.25) is 0 Å². The van der Waals surface area contributed by atoms with Crippen LogP contribution in [-0.4, -0.2) is 32.8 Å². The minimum atomic E-state index is -0.682. The number of ether oxygens (including phenoxy) is 1. The summed E-state index contributed by atoms with van der Waals surface area (Å²) in [4.78, 5) is 14.5. The number of rotatable bonds is 5. The molecule has 0 unspecified atom stereocenters. The molecule has 6 nitrogen and oxygen atoms in total. The first kappa shape index (κ1) is 20.8. The van der Waals surface area contributed by atoms with Crippen LogP contribution in [0.1, 0.15) is 25.3 Å². The molecule has 0 aliphatic heterocycles. The molecule has 1 aliphatic rings. The average Bonchev–Trinajstić information content (AvgIpc) is 3.24. The molecule has 0 atom stereocenters. The van der Waals surface area contributed by atoms with Gasteiger partial charge >= 0.3 is 6.01 Å². The van der Waals surface area contributed by atoms with E-state index in [0.717, 1.165) is 37.8 Å². The fraction of sp³-hybridized carbons (Fsp3) is 0.240. The third-order valence-electron chi connectivity index (χ3n) is 5.85. The van der Waals surface area contributed by atoms with Crippen LogP contribution in [0.15, 0.2) is 67.0 Å². The van der Waals surface area contributed by atoms with Crippen molar-refractivity contribution in [3.05, 3.63) is 72.6 Å². The Morgan fingerprint density at radius 1 is 0.938 bits per heavy atom. The Labute approximate surface area is 190 Å². The largest absolute Gasteiger partial charge is 0.467 e. The number of nitrogens with zero attached hydrogens (tertiary/aromatic N) is 3. The lowest BCUT2D eigenvalue weighted by molar-refractivity contribution is -0.0738. The third kappa shape index (κ3) is 3.79. The van der Waals surface area contributed by atoms with E-state index >= 15 is 0 Å².